The molecule has 2 N–H and O–H groups in total. The molecule has 3 heteroatoms. The molecule has 0 aliphatic rings. The van der Waals surface area contributed by atoms with Crippen LogP contribution in [0.4, 0.5) is 0 Å². The molecule has 0 bridgehead atoms. The molecular formula is C13H28N2O. The van der Waals surface area contributed by atoms with Crippen molar-refractivity contribution < 1.29 is 4.79 Å². The molecule has 0 radical (unpaired) electrons. The van der Waals surface area contributed by atoms with E-state index in [0.717, 1.165) is 19.5 Å². The van der Waals surface area contributed by atoms with Crippen molar-refractivity contribution in [1.82, 2.24) is 4.90 Å². The van der Waals surface area contributed by atoms with Gasteiger partial charge in [0.25, 0.3) is 0 Å². The van der Waals surface area contributed by atoms with E-state index in [2.05, 4.69) is 27.7 Å². The molecule has 2 unspecified atom stereocenters. The van der Waals surface area contributed by atoms with E-state index in [4.69, 9.17) is 5.73 Å². The molecule has 96 valence electrons. The highest BCUT2D eigenvalue weighted by atomic mass is 16.2. The van der Waals surface area contributed by atoms with Gasteiger partial charge in [0, 0.05) is 25.6 Å². The van der Waals surface area contributed by atoms with Gasteiger partial charge < -0.3 is 10.6 Å². The molecule has 0 rings (SSSR count). The van der Waals surface area contributed by atoms with Crippen LogP contribution in [0.1, 0.15) is 47.5 Å². The summed E-state index contributed by atoms with van der Waals surface area (Å²) in [5, 5.41) is 0. The monoisotopic (exact) mass is 228 g/mol. The van der Waals surface area contributed by atoms with Crippen LogP contribution in [0.15, 0.2) is 0 Å². The fourth-order valence-electron chi connectivity index (χ4n) is 1.48. The lowest BCUT2D eigenvalue weighted by atomic mass is 10.0. The third-order valence-electron chi connectivity index (χ3n) is 3.23. The van der Waals surface area contributed by atoms with Gasteiger partial charge in [-0.05, 0) is 18.8 Å². The zero-order valence-corrected chi connectivity index (χ0v) is 11.5. The highest BCUT2D eigenvalue weighted by molar-refractivity contribution is 5.76. The van der Waals surface area contributed by atoms with Gasteiger partial charge in [-0.15, -0.1) is 0 Å². The Morgan fingerprint density at radius 3 is 2.19 bits per heavy atom. The summed E-state index contributed by atoms with van der Waals surface area (Å²) in [6, 6.07) is -0.0153. The first kappa shape index (κ1) is 15.4. The quantitative estimate of drug-likeness (QED) is 0.726. The fourth-order valence-corrected chi connectivity index (χ4v) is 1.48. The van der Waals surface area contributed by atoms with Crippen LogP contribution in [0, 0.1) is 11.8 Å². The first-order valence-corrected chi connectivity index (χ1v) is 6.45. The summed E-state index contributed by atoms with van der Waals surface area (Å²) >= 11 is 0. The number of carbonyl (C=O) groups is 1. The van der Waals surface area contributed by atoms with Crippen molar-refractivity contribution in [3.8, 4) is 0 Å². The van der Waals surface area contributed by atoms with Crippen LogP contribution in [0.25, 0.3) is 0 Å². The van der Waals surface area contributed by atoms with Crippen LogP contribution >= 0.6 is 0 Å². The lowest BCUT2D eigenvalue weighted by Gasteiger charge is -2.26. The van der Waals surface area contributed by atoms with Crippen molar-refractivity contribution in [2.75, 3.05) is 13.1 Å². The molecule has 2 atom stereocenters. The maximum Gasteiger partial charge on any atom is 0.224 e. The lowest BCUT2D eigenvalue weighted by Crippen LogP contribution is -2.39. The second-order valence-corrected chi connectivity index (χ2v) is 5.06. The van der Waals surface area contributed by atoms with Gasteiger partial charge >= 0.3 is 0 Å². The van der Waals surface area contributed by atoms with Crippen molar-refractivity contribution in [2.45, 2.75) is 53.5 Å². The van der Waals surface area contributed by atoms with E-state index in [1.807, 2.05) is 11.8 Å². The summed E-state index contributed by atoms with van der Waals surface area (Å²) < 4.78 is 0. The van der Waals surface area contributed by atoms with Gasteiger partial charge in [0.1, 0.15) is 0 Å². The third-order valence-corrected chi connectivity index (χ3v) is 3.23. The van der Waals surface area contributed by atoms with Crippen molar-refractivity contribution >= 4 is 5.91 Å². The smallest absolute Gasteiger partial charge is 0.224 e. The minimum atomic E-state index is -0.0153. The predicted molar refractivity (Wildman–Crippen MR) is 69.1 cm³/mol. The number of carbonyl (C=O) groups excluding carboxylic acids is 1. The average molecular weight is 228 g/mol. The first-order valence-electron chi connectivity index (χ1n) is 6.45. The van der Waals surface area contributed by atoms with E-state index in [1.165, 1.54) is 0 Å². The Balaban J connectivity index is 4.20. The molecule has 1 amide bonds. The van der Waals surface area contributed by atoms with Gasteiger partial charge in [0.2, 0.25) is 5.91 Å². The molecule has 0 saturated heterocycles. The lowest BCUT2D eigenvalue weighted by molar-refractivity contribution is -0.132. The van der Waals surface area contributed by atoms with Crippen LogP contribution < -0.4 is 5.73 Å². The predicted octanol–water partition coefficient (Wildman–Crippen LogP) is 2.25. The van der Waals surface area contributed by atoms with E-state index in [9.17, 15) is 4.79 Å². The molecule has 16 heavy (non-hydrogen) atoms. The average Bonchev–Trinajstić information content (AvgIpc) is 2.24. The van der Waals surface area contributed by atoms with Crippen molar-refractivity contribution in [3.63, 3.8) is 0 Å². The molecule has 0 aromatic heterocycles. The van der Waals surface area contributed by atoms with Gasteiger partial charge in [-0.3, -0.25) is 4.79 Å². The molecule has 0 aromatic rings. The van der Waals surface area contributed by atoms with E-state index in [0.29, 0.717) is 18.3 Å². The van der Waals surface area contributed by atoms with Crippen LogP contribution in [0.5, 0.6) is 0 Å². The largest absolute Gasteiger partial charge is 0.343 e. The van der Waals surface area contributed by atoms with Crippen LogP contribution in [0.3, 0.4) is 0 Å². The maximum absolute atomic E-state index is 12.0. The van der Waals surface area contributed by atoms with Crippen LogP contribution in [0.2, 0.25) is 0 Å². The number of nitrogens with two attached hydrogens (primary N) is 1. The summed E-state index contributed by atoms with van der Waals surface area (Å²) in [4.78, 5) is 13.9. The van der Waals surface area contributed by atoms with Crippen molar-refractivity contribution in [1.29, 1.82) is 0 Å². The van der Waals surface area contributed by atoms with Gasteiger partial charge in [-0.25, -0.2) is 0 Å². The Labute approximate surface area is 100 Å². The summed E-state index contributed by atoms with van der Waals surface area (Å²) in [5.74, 6) is 1.13. The molecule has 0 aliphatic carbocycles. The standard InChI is InChI=1S/C13H28N2O/c1-6-11(5)9-15(7-2)13(16)8-12(14)10(3)4/h10-12H,6-9,14H2,1-5H3. The molecule has 0 spiro atoms. The highest BCUT2D eigenvalue weighted by Crippen LogP contribution is 2.09. The Morgan fingerprint density at radius 2 is 1.81 bits per heavy atom. The van der Waals surface area contributed by atoms with Crippen molar-refractivity contribution in [2.24, 2.45) is 17.6 Å². The van der Waals surface area contributed by atoms with Crippen LogP contribution in [-0.2, 0) is 4.79 Å². The van der Waals surface area contributed by atoms with Crippen LogP contribution in [-0.4, -0.2) is 29.9 Å². The molecule has 0 aliphatic heterocycles. The summed E-state index contributed by atoms with van der Waals surface area (Å²) in [5.41, 5.74) is 5.93. The SMILES string of the molecule is CCC(C)CN(CC)C(=O)CC(N)C(C)C. The van der Waals surface area contributed by atoms with E-state index >= 15 is 0 Å². The van der Waals surface area contributed by atoms with E-state index in [1.54, 1.807) is 0 Å². The Kier molecular flexibility index (Phi) is 7.39. The molecule has 0 saturated carbocycles. The van der Waals surface area contributed by atoms with Gasteiger partial charge in [-0.2, -0.15) is 0 Å². The second kappa shape index (κ2) is 7.66. The Hall–Kier alpha value is -0.570. The first-order chi connectivity index (χ1) is 7.42. The highest BCUT2D eigenvalue weighted by Gasteiger charge is 2.18. The molecular weight excluding hydrogens is 200 g/mol. The van der Waals surface area contributed by atoms with Gasteiger partial charge in [0.15, 0.2) is 0 Å². The summed E-state index contributed by atoms with van der Waals surface area (Å²) in [6.45, 7) is 12.1. The van der Waals surface area contributed by atoms with Gasteiger partial charge in [-0.1, -0.05) is 34.1 Å². The Bertz CT molecular complexity index is 204. The van der Waals surface area contributed by atoms with Gasteiger partial charge in [0.05, 0.1) is 0 Å². The number of hydrogen-bond acceptors (Lipinski definition) is 2. The Morgan fingerprint density at radius 1 is 1.25 bits per heavy atom. The molecule has 0 heterocycles. The summed E-state index contributed by atoms with van der Waals surface area (Å²) in [6.07, 6.45) is 1.59. The fraction of sp³-hybridized carbons (Fsp3) is 0.923. The zero-order valence-electron chi connectivity index (χ0n) is 11.5. The third kappa shape index (κ3) is 5.50. The van der Waals surface area contributed by atoms with E-state index < -0.39 is 0 Å². The van der Waals surface area contributed by atoms with Crippen molar-refractivity contribution in [3.05, 3.63) is 0 Å². The zero-order chi connectivity index (χ0) is 12.7. The minimum absolute atomic E-state index is 0.0153. The molecule has 3 nitrogen and oxygen atoms in total. The number of rotatable bonds is 7. The molecule has 0 fully saturated rings. The second-order valence-electron chi connectivity index (χ2n) is 5.06. The number of hydrogen-bond donors (Lipinski definition) is 1. The maximum atomic E-state index is 12.0. The molecule has 0 aromatic carbocycles. The number of nitrogens with zero attached hydrogens (tertiary/aromatic N) is 1. The normalized spacial score (nSPS) is 14.9. The minimum Gasteiger partial charge on any atom is -0.343 e. The number of amides is 1. The van der Waals surface area contributed by atoms with E-state index in [-0.39, 0.29) is 11.9 Å². The summed E-state index contributed by atoms with van der Waals surface area (Å²) in [7, 11) is 0. The topological polar surface area (TPSA) is 46.3 Å².